The van der Waals surface area contributed by atoms with Crippen molar-refractivity contribution in [2.24, 2.45) is 23.7 Å². The van der Waals surface area contributed by atoms with Gasteiger partial charge in [-0.3, -0.25) is 0 Å². The molecule has 7 aliphatic rings. The molecule has 5 fully saturated rings. The fourth-order valence-electron chi connectivity index (χ4n) is 13.7. The van der Waals surface area contributed by atoms with Crippen molar-refractivity contribution in [2.75, 3.05) is 4.90 Å². The summed E-state index contributed by atoms with van der Waals surface area (Å²) in [6.45, 7) is 0. The van der Waals surface area contributed by atoms with Crippen molar-refractivity contribution in [1.82, 2.24) is 0 Å². The predicted molar refractivity (Wildman–Crippen MR) is 222 cm³/mol. The number of anilines is 3. The Morgan fingerprint density at radius 3 is 1.85 bits per heavy atom. The zero-order chi connectivity index (χ0) is 34.5. The first kappa shape index (κ1) is 29.8. The van der Waals surface area contributed by atoms with Crippen LogP contribution in [-0.4, -0.2) is 0 Å². The highest BCUT2D eigenvalue weighted by molar-refractivity contribution is 7.25. The second-order valence-corrected chi connectivity index (χ2v) is 18.7. The van der Waals surface area contributed by atoms with E-state index in [4.69, 9.17) is 0 Å². The molecular formula is C51H43NS. The first-order valence-corrected chi connectivity index (χ1v) is 21.2. The summed E-state index contributed by atoms with van der Waals surface area (Å²) in [7, 11) is 0. The van der Waals surface area contributed by atoms with Crippen LogP contribution >= 0.6 is 11.3 Å². The van der Waals surface area contributed by atoms with E-state index in [0.29, 0.717) is 0 Å². The SMILES string of the molecule is c1ccc2c(c1)-c1ccc(N(c3ccc4c(c3)-c3ccccc3C43C4CC5CC(C4)CC3C5)c3ccc4sc5ccccc5c4c3)cc1C21CCCC1. The Hall–Kier alpha value is -4.66. The van der Waals surface area contributed by atoms with Gasteiger partial charge in [-0.1, -0.05) is 91.7 Å². The number of hydrogen-bond acceptors (Lipinski definition) is 2. The van der Waals surface area contributed by atoms with E-state index in [1.54, 1.807) is 22.3 Å². The van der Waals surface area contributed by atoms with Gasteiger partial charge in [0.2, 0.25) is 0 Å². The van der Waals surface area contributed by atoms with E-state index in [1.165, 1.54) is 117 Å². The summed E-state index contributed by atoms with van der Waals surface area (Å²) in [6, 6.07) is 50.2. The van der Waals surface area contributed by atoms with Gasteiger partial charge in [0.1, 0.15) is 0 Å². The van der Waals surface area contributed by atoms with E-state index < -0.39 is 0 Å². The maximum absolute atomic E-state index is 2.60. The first-order chi connectivity index (χ1) is 26.2. The van der Waals surface area contributed by atoms with Crippen LogP contribution < -0.4 is 4.90 Å². The highest BCUT2D eigenvalue weighted by atomic mass is 32.1. The van der Waals surface area contributed by atoms with Gasteiger partial charge in [0.15, 0.2) is 0 Å². The van der Waals surface area contributed by atoms with Crippen molar-refractivity contribution in [1.29, 1.82) is 0 Å². The van der Waals surface area contributed by atoms with Crippen LogP contribution in [0, 0.1) is 23.7 Å². The molecule has 1 aromatic heterocycles. The summed E-state index contributed by atoms with van der Waals surface area (Å²) < 4.78 is 2.72. The number of nitrogens with zero attached hydrogens (tertiary/aromatic N) is 1. The standard InChI is InChI=1S/C51H43NS/c1-4-12-44-38(9-1)40-18-15-37(30-47(40)50(44)21-7-8-22-50)52(36-17-20-49-43(29-36)41-11-3-6-14-48(41)53-49)35-16-19-46-42(28-35)39-10-2-5-13-45(39)51(46)33-24-31-23-32(26-33)27-34(51)25-31/h1-6,9-20,28-34H,7-8,21-27H2. The molecule has 0 aliphatic heterocycles. The Morgan fingerprint density at radius 2 is 1.04 bits per heavy atom. The zero-order valence-electron chi connectivity index (χ0n) is 30.2. The molecule has 5 saturated carbocycles. The molecule has 0 amide bonds. The normalized spacial score (nSPS) is 26.4. The maximum Gasteiger partial charge on any atom is 0.0468 e. The Kier molecular flexibility index (Phi) is 5.90. The van der Waals surface area contributed by atoms with Gasteiger partial charge in [0.05, 0.1) is 0 Å². The van der Waals surface area contributed by atoms with Crippen molar-refractivity contribution in [3.63, 3.8) is 0 Å². The molecule has 14 rings (SSSR count). The van der Waals surface area contributed by atoms with Gasteiger partial charge in [-0.15, -0.1) is 11.3 Å². The minimum absolute atomic E-state index is 0.129. The third kappa shape index (κ3) is 3.79. The van der Waals surface area contributed by atoms with Crippen molar-refractivity contribution in [2.45, 2.75) is 68.6 Å². The van der Waals surface area contributed by atoms with Crippen LogP contribution in [0.1, 0.15) is 80.0 Å². The molecule has 6 aromatic carbocycles. The smallest absolute Gasteiger partial charge is 0.0468 e. The Balaban J connectivity index is 1.03. The number of rotatable bonds is 3. The van der Waals surface area contributed by atoms with E-state index in [9.17, 15) is 0 Å². The van der Waals surface area contributed by atoms with Crippen LogP contribution in [0.5, 0.6) is 0 Å². The van der Waals surface area contributed by atoms with Crippen LogP contribution in [0.4, 0.5) is 17.1 Å². The molecule has 7 aromatic rings. The zero-order valence-corrected chi connectivity index (χ0v) is 31.0. The lowest BCUT2D eigenvalue weighted by Crippen LogP contribution is -2.55. The number of thiophene rings is 1. The molecule has 1 nitrogen and oxygen atoms in total. The molecule has 0 saturated heterocycles. The van der Waals surface area contributed by atoms with E-state index in [0.717, 1.165) is 23.7 Å². The summed E-state index contributed by atoms with van der Waals surface area (Å²) in [5.41, 5.74) is 16.3. The maximum atomic E-state index is 2.60. The lowest BCUT2D eigenvalue weighted by atomic mass is 9.43. The quantitative estimate of drug-likeness (QED) is 0.177. The lowest BCUT2D eigenvalue weighted by molar-refractivity contribution is -0.0399. The van der Waals surface area contributed by atoms with Crippen molar-refractivity contribution >= 4 is 48.6 Å². The molecule has 0 atom stereocenters. The number of fused-ring (bicyclic) bond motifs is 11. The number of benzene rings is 6. The van der Waals surface area contributed by atoms with Crippen LogP contribution in [0.15, 0.2) is 127 Å². The van der Waals surface area contributed by atoms with Gasteiger partial charge >= 0.3 is 0 Å². The van der Waals surface area contributed by atoms with Gasteiger partial charge in [0, 0.05) is 48.1 Å². The largest absolute Gasteiger partial charge is 0.310 e. The second-order valence-electron chi connectivity index (χ2n) is 17.6. The molecule has 0 N–H and O–H groups in total. The highest BCUT2D eigenvalue weighted by Crippen LogP contribution is 2.69. The fourth-order valence-corrected chi connectivity index (χ4v) is 14.8. The monoisotopic (exact) mass is 701 g/mol. The Labute approximate surface area is 316 Å². The molecule has 0 radical (unpaired) electrons. The second kappa shape index (κ2) is 10.5. The predicted octanol–water partition coefficient (Wildman–Crippen LogP) is 14.1. The molecule has 7 aliphatic carbocycles. The summed E-state index contributed by atoms with van der Waals surface area (Å²) in [4.78, 5) is 2.60. The fraction of sp³-hybridized carbons (Fsp3) is 0.294. The van der Waals surface area contributed by atoms with E-state index in [-0.39, 0.29) is 10.8 Å². The Morgan fingerprint density at radius 1 is 0.453 bits per heavy atom. The summed E-state index contributed by atoms with van der Waals surface area (Å²) in [6.07, 6.45) is 12.3. The van der Waals surface area contributed by atoms with Crippen LogP contribution in [-0.2, 0) is 10.8 Å². The van der Waals surface area contributed by atoms with Gasteiger partial charge < -0.3 is 4.90 Å². The van der Waals surface area contributed by atoms with Crippen LogP contribution in [0.2, 0.25) is 0 Å². The molecule has 53 heavy (non-hydrogen) atoms. The van der Waals surface area contributed by atoms with Crippen molar-refractivity contribution in [3.05, 3.63) is 150 Å². The molecule has 1 heterocycles. The highest BCUT2D eigenvalue weighted by Gasteiger charge is 2.61. The average molecular weight is 702 g/mol. The molecule has 258 valence electrons. The minimum atomic E-state index is 0.129. The molecule has 2 heteroatoms. The molecule has 4 bridgehead atoms. The third-order valence-corrected chi connectivity index (χ3v) is 16.5. The first-order valence-electron chi connectivity index (χ1n) is 20.4. The summed E-state index contributed by atoms with van der Waals surface area (Å²) in [5, 5.41) is 2.71. The average Bonchev–Trinajstić information content (AvgIpc) is 3.96. The van der Waals surface area contributed by atoms with Gasteiger partial charge in [-0.05, 0) is 162 Å². The molecule has 2 spiro atoms. The van der Waals surface area contributed by atoms with Crippen molar-refractivity contribution < 1.29 is 0 Å². The van der Waals surface area contributed by atoms with Gasteiger partial charge in [-0.2, -0.15) is 0 Å². The Bertz CT molecular complexity index is 2640. The van der Waals surface area contributed by atoms with Crippen molar-refractivity contribution in [3.8, 4) is 22.3 Å². The van der Waals surface area contributed by atoms with E-state index in [2.05, 4.69) is 132 Å². The van der Waals surface area contributed by atoms with Gasteiger partial charge in [-0.25, -0.2) is 0 Å². The topological polar surface area (TPSA) is 3.24 Å². The molecule has 0 unspecified atom stereocenters. The van der Waals surface area contributed by atoms with Crippen LogP contribution in [0.25, 0.3) is 42.4 Å². The lowest BCUT2D eigenvalue weighted by Gasteiger charge is -2.61. The van der Waals surface area contributed by atoms with Crippen LogP contribution in [0.3, 0.4) is 0 Å². The minimum Gasteiger partial charge on any atom is -0.310 e. The van der Waals surface area contributed by atoms with E-state index >= 15 is 0 Å². The third-order valence-electron chi connectivity index (χ3n) is 15.4. The number of hydrogen-bond donors (Lipinski definition) is 0. The summed E-state index contributed by atoms with van der Waals surface area (Å²) >= 11 is 1.91. The van der Waals surface area contributed by atoms with Gasteiger partial charge in [0.25, 0.3) is 0 Å². The summed E-state index contributed by atoms with van der Waals surface area (Å²) in [5.74, 6) is 3.45. The molecular weight excluding hydrogens is 659 g/mol. The van der Waals surface area contributed by atoms with E-state index in [1.807, 2.05) is 11.3 Å².